The molecule has 3 heterocycles. The normalized spacial score (nSPS) is 19.9. The highest BCUT2D eigenvalue weighted by atomic mass is 16.5. The van der Waals surface area contributed by atoms with Gasteiger partial charge in [-0.05, 0) is 61.9 Å². The van der Waals surface area contributed by atoms with E-state index in [0.29, 0.717) is 12.1 Å². The quantitative estimate of drug-likeness (QED) is 0.776. The number of nitrogens with one attached hydrogen (secondary N) is 2. The third kappa shape index (κ3) is 5.26. The van der Waals surface area contributed by atoms with E-state index in [2.05, 4.69) is 51.7 Å². The summed E-state index contributed by atoms with van der Waals surface area (Å²) in [6.45, 7) is 5.92. The van der Waals surface area contributed by atoms with Gasteiger partial charge < -0.3 is 20.3 Å². The van der Waals surface area contributed by atoms with E-state index in [-0.39, 0.29) is 12.0 Å². The van der Waals surface area contributed by atoms with Gasteiger partial charge in [-0.15, -0.1) is 0 Å². The number of anilines is 3. The summed E-state index contributed by atoms with van der Waals surface area (Å²) in [5.41, 5.74) is 3.60. The molecule has 154 valence electrons. The molecule has 2 N–H and O–H groups in total. The summed E-state index contributed by atoms with van der Waals surface area (Å²) in [6, 6.07) is 10.3. The van der Waals surface area contributed by atoms with Gasteiger partial charge in [-0.3, -0.25) is 9.78 Å². The van der Waals surface area contributed by atoms with Crippen LogP contribution >= 0.6 is 0 Å². The number of piperidine rings is 1. The van der Waals surface area contributed by atoms with Crippen LogP contribution in [0.2, 0.25) is 0 Å². The largest absolute Gasteiger partial charge is 0.376 e. The minimum atomic E-state index is -0.119. The average molecular weight is 395 g/mol. The number of carbonyl (C=O) groups is 1. The molecule has 0 aliphatic carbocycles. The van der Waals surface area contributed by atoms with Crippen LogP contribution in [-0.2, 0) is 4.74 Å². The molecular formula is C23H30N4O2. The molecule has 2 aliphatic rings. The van der Waals surface area contributed by atoms with Gasteiger partial charge in [-0.2, -0.15) is 0 Å². The Balaban J connectivity index is 1.34. The van der Waals surface area contributed by atoms with Crippen molar-refractivity contribution in [3.8, 4) is 0 Å². The maximum atomic E-state index is 12.4. The van der Waals surface area contributed by atoms with E-state index in [9.17, 15) is 4.79 Å². The third-order valence-corrected chi connectivity index (χ3v) is 5.82. The molecule has 0 saturated carbocycles. The lowest BCUT2D eigenvalue weighted by atomic mass is 9.99. The molecule has 1 amide bonds. The minimum Gasteiger partial charge on any atom is -0.376 e. The number of rotatable bonds is 6. The van der Waals surface area contributed by atoms with E-state index < -0.39 is 0 Å². The smallest absolute Gasteiger partial charge is 0.253 e. The van der Waals surface area contributed by atoms with Gasteiger partial charge in [0.1, 0.15) is 0 Å². The van der Waals surface area contributed by atoms with E-state index in [4.69, 9.17) is 4.74 Å². The molecule has 1 aromatic carbocycles. The molecule has 0 spiro atoms. The van der Waals surface area contributed by atoms with E-state index in [1.165, 1.54) is 18.5 Å². The van der Waals surface area contributed by atoms with Crippen molar-refractivity contribution in [2.75, 3.05) is 36.5 Å². The first-order chi connectivity index (χ1) is 14.2. The summed E-state index contributed by atoms with van der Waals surface area (Å²) >= 11 is 0. The van der Waals surface area contributed by atoms with Crippen molar-refractivity contribution in [3.63, 3.8) is 0 Å². The molecular weight excluding hydrogens is 364 g/mol. The van der Waals surface area contributed by atoms with Crippen LogP contribution in [0.5, 0.6) is 0 Å². The molecule has 0 radical (unpaired) electrons. The van der Waals surface area contributed by atoms with Gasteiger partial charge in [0, 0.05) is 43.8 Å². The lowest BCUT2D eigenvalue weighted by Crippen LogP contribution is -2.32. The predicted octanol–water partition coefficient (Wildman–Crippen LogP) is 3.97. The molecule has 1 unspecified atom stereocenters. The van der Waals surface area contributed by atoms with Gasteiger partial charge in [0.15, 0.2) is 0 Å². The van der Waals surface area contributed by atoms with Crippen LogP contribution in [0, 0.1) is 5.92 Å². The Bertz CT molecular complexity index is 810. The van der Waals surface area contributed by atoms with Crippen molar-refractivity contribution < 1.29 is 9.53 Å². The van der Waals surface area contributed by atoms with E-state index >= 15 is 0 Å². The summed E-state index contributed by atoms with van der Waals surface area (Å²) < 4.78 is 5.55. The minimum absolute atomic E-state index is 0.119. The van der Waals surface area contributed by atoms with Crippen LogP contribution in [0.25, 0.3) is 0 Å². The molecule has 1 atom stereocenters. The van der Waals surface area contributed by atoms with Gasteiger partial charge >= 0.3 is 0 Å². The third-order valence-electron chi connectivity index (χ3n) is 5.82. The van der Waals surface area contributed by atoms with Crippen LogP contribution in [0.4, 0.5) is 17.1 Å². The Morgan fingerprint density at radius 1 is 1.14 bits per heavy atom. The summed E-state index contributed by atoms with van der Waals surface area (Å²) in [4.78, 5) is 19.1. The van der Waals surface area contributed by atoms with Crippen molar-refractivity contribution in [1.82, 2.24) is 10.3 Å². The van der Waals surface area contributed by atoms with E-state index in [1.54, 1.807) is 12.4 Å². The molecule has 2 aromatic rings. The summed E-state index contributed by atoms with van der Waals surface area (Å²) in [7, 11) is 0. The second-order valence-electron chi connectivity index (χ2n) is 8.15. The highest BCUT2D eigenvalue weighted by Crippen LogP contribution is 2.25. The Kier molecular flexibility index (Phi) is 6.30. The van der Waals surface area contributed by atoms with Crippen LogP contribution in [0.3, 0.4) is 0 Å². The molecule has 2 fully saturated rings. The van der Waals surface area contributed by atoms with Gasteiger partial charge in [0.2, 0.25) is 0 Å². The molecule has 2 saturated heterocycles. The first kappa shape index (κ1) is 19.7. The molecule has 1 aromatic heterocycles. The number of pyridine rings is 1. The number of benzene rings is 1. The SMILES string of the molecule is CC1CCN(c2ccc(Nc3cncc(C(=O)NCC4CCCO4)c3)cc2)CC1. The summed E-state index contributed by atoms with van der Waals surface area (Å²) in [5, 5.41) is 6.29. The Morgan fingerprint density at radius 2 is 1.93 bits per heavy atom. The Labute approximate surface area is 172 Å². The predicted molar refractivity (Wildman–Crippen MR) is 116 cm³/mol. The molecule has 4 rings (SSSR count). The number of hydrogen-bond acceptors (Lipinski definition) is 5. The monoisotopic (exact) mass is 394 g/mol. The van der Waals surface area contributed by atoms with Crippen LogP contribution in [0.1, 0.15) is 43.0 Å². The van der Waals surface area contributed by atoms with Crippen LogP contribution in [0.15, 0.2) is 42.7 Å². The second kappa shape index (κ2) is 9.27. The highest BCUT2D eigenvalue weighted by Gasteiger charge is 2.17. The Hall–Kier alpha value is -2.60. The van der Waals surface area contributed by atoms with Crippen LogP contribution in [-0.4, -0.2) is 43.2 Å². The summed E-state index contributed by atoms with van der Waals surface area (Å²) in [6.07, 6.45) is 8.05. The van der Waals surface area contributed by atoms with Crippen molar-refractivity contribution in [3.05, 3.63) is 48.3 Å². The fraction of sp³-hybridized carbons (Fsp3) is 0.478. The zero-order valence-electron chi connectivity index (χ0n) is 17.1. The first-order valence-corrected chi connectivity index (χ1v) is 10.6. The summed E-state index contributed by atoms with van der Waals surface area (Å²) in [5.74, 6) is 0.709. The molecule has 0 bridgehead atoms. The van der Waals surface area contributed by atoms with E-state index in [1.807, 2.05) is 6.07 Å². The number of aromatic nitrogens is 1. The van der Waals surface area contributed by atoms with Gasteiger partial charge in [0.25, 0.3) is 5.91 Å². The highest BCUT2D eigenvalue weighted by molar-refractivity contribution is 5.94. The van der Waals surface area contributed by atoms with Crippen molar-refractivity contribution >= 4 is 23.0 Å². The fourth-order valence-electron chi connectivity index (χ4n) is 3.94. The second-order valence-corrected chi connectivity index (χ2v) is 8.15. The molecule has 2 aliphatic heterocycles. The van der Waals surface area contributed by atoms with Gasteiger partial charge in [0.05, 0.1) is 23.6 Å². The zero-order chi connectivity index (χ0) is 20.1. The maximum absolute atomic E-state index is 12.4. The zero-order valence-corrected chi connectivity index (χ0v) is 17.1. The lowest BCUT2D eigenvalue weighted by molar-refractivity contribution is 0.0857. The number of amides is 1. The average Bonchev–Trinajstić information content (AvgIpc) is 3.27. The Morgan fingerprint density at radius 3 is 2.66 bits per heavy atom. The number of ether oxygens (including phenoxy) is 1. The number of carbonyl (C=O) groups excluding carboxylic acids is 1. The van der Waals surface area contributed by atoms with Crippen molar-refractivity contribution in [1.29, 1.82) is 0 Å². The van der Waals surface area contributed by atoms with Gasteiger partial charge in [-0.1, -0.05) is 6.92 Å². The standard InChI is InChI=1S/C23H30N4O2/c1-17-8-10-27(11-9-17)21-6-4-19(5-7-21)26-20-13-18(14-24-15-20)23(28)25-16-22-3-2-12-29-22/h4-7,13-15,17,22,26H,2-3,8-12,16H2,1H3,(H,25,28). The fourth-order valence-corrected chi connectivity index (χ4v) is 3.94. The molecule has 6 heteroatoms. The molecule has 6 nitrogen and oxygen atoms in total. The maximum Gasteiger partial charge on any atom is 0.253 e. The first-order valence-electron chi connectivity index (χ1n) is 10.6. The molecule has 29 heavy (non-hydrogen) atoms. The van der Waals surface area contributed by atoms with Gasteiger partial charge in [-0.25, -0.2) is 0 Å². The topological polar surface area (TPSA) is 66.5 Å². The lowest BCUT2D eigenvalue weighted by Gasteiger charge is -2.32. The van der Waals surface area contributed by atoms with Crippen molar-refractivity contribution in [2.24, 2.45) is 5.92 Å². The van der Waals surface area contributed by atoms with Crippen LogP contribution < -0.4 is 15.5 Å². The number of hydrogen-bond donors (Lipinski definition) is 2. The van der Waals surface area contributed by atoms with E-state index in [0.717, 1.165) is 49.8 Å². The van der Waals surface area contributed by atoms with Crippen molar-refractivity contribution in [2.45, 2.75) is 38.7 Å². The number of nitrogens with zero attached hydrogens (tertiary/aromatic N) is 2.